The molecule has 2 heterocycles. The Hall–Kier alpha value is -4.19. The molecule has 6 rings (SSSR count). The van der Waals surface area contributed by atoms with Crippen LogP contribution in [0.1, 0.15) is 56.2 Å². The number of carbonyl (C=O) groups is 1. The first-order valence-corrected chi connectivity index (χ1v) is 19.4. The number of fused-ring (bicyclic) bond motifs is 1. The Balaban J connectivity index is 1.04. The van der Waals surface area contributed by atoms with Gasteiger partial charge in [0, 0.05) is 51.6 Å². The Labute approximate surface area is 320 Å². The van der Waals surface area contributed by atoms with Crippen LogP contribution in [0.5, 0.6) is 11.5 Å². The van der Waals surface area contributed by atoms with Crippen LogP contribution >= 0.6 is 0 Å². The van der Waals surface area contributed by atoms with Crippen molar-refractivity contribution in [2.24, 2.45) is 0 Å². The Bertz CT molecular complexity index is 1740. The highest BCUT2D eigenvalue weighted by Gasteiger charge is 2.34. The second kappa shape index (κ2) is 19.4. The predicted molar refractivity (Wildman–Crippen MR) is 211 cm³/mol. The Morgan fingerprint density at radius 3 is 2.26 bits per heavy atom. The number of hydrogen-bond acceptors (Lipinski definition) is 10. The summed E-state index contributed by atoms with van der Waals surface area (Å²) in [6, 6.07) is 31.2. The molecule has 0 bridgehead atoms. The van der Waals surface area contributed by atoms with Crippen molar-refractivity contribution in [1.82, 2.24) is 14.9 Å². The zero-order valence-electron chi connectivity index (χ0n) is 32.4. The molecule has 2 aliphatic rings. The average molecular weight is 740 g/mol. The van der Waals surface area contributed by atoms with Crippen LogP contribution in [0.4, 0.5) is 4.79 Å². The van der Waals surface area contributed by atoms with Crippen LogP contribution in [-0.2, 0) is 32.3 Å². The first kappa shape index (κ1) is 39.5. The molecule has 0 aromatic heterocycles. The number of ether oxygens (including phenoxy) is 5. The van der Waals surface area contributed by atoms with Gasteiger partial charge in [0.1, 0.15) is 23.7 Å². The quantitative estimate of drug-likeness (QED) is 0.0843. The van der Waals surface area contributed by atoms with Crippen LogP contribution in [0.15, 0.2) is 91.0 Å². The van der Waals surface area contributed by atoms with E-state index in [-0.39, 0.29) is 12.0 Å². The number of rotatable bonds is 16. The van der Waals surface area contributed by atoms with E-state index in [2.05, 4.69) is 71.4 Å². The van der Waals surface area contributed by atoms with Crippen LogP contribution in [0, 0.1) is 0 Å². The molecule has 290 valence electrons. The molecule has 0 amide bonds. The van der Waals surface area contributed by atoms with Crippen molar-refractivity contribution in [2.45, 2.75) is 64.4 Å². The summed E-state index contributed by atoms with van der Waals surface area (Å²) >= 11 is 0. The number of likely N-dealkylation sites (N-methyl/N-ethyl adjacent to an activating group) is 1. The van der Waals surface area contributed by atoms with Crippen molar-refractivity contribution in [3.63, 3.8) is 0 Å². The number of piperazine rings is 1. The van der Waals surface area contributed by atoms with E-state index in [0.29, 0.717) is 46.1 Å². The van der Waals surface area contributed by atoms with Crippen molar-refractivity contribution in [1.29, 1.82) is 0 Å². The Kier molecular flexibility index (Phi) is 14.2. The van der Waals surface area contributed by atoms with E-state index >= 15 is 0 Å². The molecule has 0 spiro atoms. The predicted octanol–water partition coefficient (Wildman–Crippen LogP) is 7.69. The third-order valence-corrected chi connectivity index (χ3v) is 9.85. The number of hydrogen-bond donors (Lipinski definition) is 0. The highest BCUT2D eigenvalue weighted by molar-refractivity contribution is 5.84. The molecule has 2 unspecified atom stereocenters. The standard InChI is InChI=1S/C44H57N3O7/c1-44(2,3)53-43(48)54-47-20-19-41(37-14-16-39(17-15-37)50-27-8-26-49-32-34-9-6-5-7-10-34)42(31-47)52-33-35-11-12-36-13-18-40(30-38(36)29-35)51-28-25-46-23-21-45(4)22-24-46/h5-7,9-18,29-30,41-42H,8,19-28,31-33H2,1-4H3. The van der Waals surface area contributed by atoms with Crippen LogP contribution in [-0.4, -0.2) is 105 Å². The Morgan fingerprint density at radius 2 is 1.48 bits per heavy atom. The van der Waals surface area contributed by atoms with Crippen molar-refractivity contribution in [3.05, 3.63) is 108 Å². The molecule has 4 aromatic carbocycles. The largest absolute Gasteiger partial charge is 0.528 e. The topological polar surface area (TPSA) is 82.2 Å². The van der Waals surface area contributed by atoms with Gasteiger partial charge in [0.25, 0.3) is 0 Å². The van der Waals surface area contributed by atoms with Gasteiger partial charge in [-0.15, -0.1) is 5.06 Å². The van der Waals surface area contributed by atoms with E-state index in [1.807, 2.05) is 57.2 Å². The molecule has 0 N–H and O–H groups in total. The summed E-state index contributed by atoms with van der Waals surface area (Å²) in [6.07, 6.45) is 0.622. The number of nitrogens with zero attached hydrogens (tertiary/aromatic N) is 3. The lowest BCUT2D eigenvalue weighted by Crippen LogP contribution is -2.45. The van der Waals surface area contributed by atoms with Gasteiger partial charge in [0.2, 0.25) is 0 Å². The molecule has 2 saturated heterocycles. The fourth-order valence-corrected chi connectivity index (χ4v) is 6.84. The summed E-state index contributed by atoms with van der Waals surface area (Å²) in [5, 5.41) is 3.93. The number of piperidine rings is 1. The number of carbonyl (C=O) groups excluding carboxylic acids is 1. The van der Waals surface area contributed by atoms with E-state index < -0.39 is 11.8 Å². The first-order chi connectivity index (χ1) is 26.2. The maximum Gasteiger partial charge on any atom is 0.528 e. The van der Waals surface area contributed by atoms with Gasteiger partial charge in [-0.25, -0.2) is 4.79 Å². The number of hydroxylamine groups is 2. The third-order valence-electron chi connectivity index (χ3n) is 9.85. The highest BCUT2D eigenvalue weighted by atomic mass is 16.8. The number of benzene rings is 4. The zero-order valence-corrected chi connectivity index (χ0v) is 32.4. The fraction of sp³-hybridized carbons (Fsp3) is 0.477. The SMILES string of the molecule is CN1CCN(CCOc2ccc3ccc(COC4CN(OC(=O)OC(C)(C)C)CCC4c4ccc(OCCCOCc5ccccc5)cc4)cc3c2)CC1. The summed E-state index contributed by atoms with van der Waals surface area (Å²) < 4.78 is 30.1. The van der Waals surface area contributed by atoms with Gasteiger partial charge in [-0.1, -0.05) is 60.7 Å². The molecule has 10 heteroatoms. The van der Waals surface area contributed by atoms with Gasteiger partial charge < -0.3 is 33.4 Å². The molecular formula is C44H57N3O7. The maximum atomic E-state index is 12.6. The second-order valence-electron chi connectivity index (χ2n) is 15.3. The van der Waals surface area contributed by atoms with Crippen LogP contribution in [0.25, 0.3) is 10.8 Å². The molecular weight excluding hydrogens is 682 g/mol. The Morgan fingerprint density at radius 1 is 0.741 bits per heavy atom. The van der Waals surface area contributed by atoms with Gasteiger partial charge in [0.15, 0.2) is 0 Å². The molecule has 54 heavy (non-hydrogen) atoms. The molecule has 2 fully saturated rings. The normalized spacial score (nSPS) is 18.7. The molecule has 2 aliphatic heterocycles. The minimum atomic E-state index is -0.706. The molecule has 0 radical (unpaired) electrons. The van der Waals surface area contributed by atoms with Crippen LogP contribution in [0.2, 0.25) is 0 Å². The highest BCUT2D eigenvalue weighted by Crippen LogP contribution is 2.33. The van der Waals surface area contributed by atoms with Crippen molar-refractivity contribution < 1.29 is 33.3 Å². The zero-order chi connectivity index (χ0) is 37.8. The summed E-state index contributed by atoms with van der Waals surface area (Å²) in [5.74, 6) is 1.80. The van der Waals surface area contributed by atoms with Crippen molar-refractivity contribution >= 4 is 16.9 Å². The first-order valence-electron chi connectivity index (χ1n) is 19.4. The summed E-state index contributed by atoms with van der Waals surface area (Å²) in [7, 11) is 2.17. The van der Waals surface area contributed by atoms with Gasteiger partial charge in [-0.05, 0) is 92.0 Å². The molecule has 0 saturated carbocycles. The van der Waals surface area contributed by atoms with Crippen molar-refractivity contribution in [3.8, 4) is 11.5 Å². The molecule has 0 aliphatic carbocycles. The lowest BCUT2D eigenvalue weighted by atomic mass is 9.87. The smallest absolute Gasteiger partial charge is 0.494 e. The molecule has 4 aromatic rings. The van der Waals surface area contributed by atoms with E-state index in [9.17, 15) is 4.79 Å². The van der Waals surface area contributed by atoms with Crippen molar-refractivity contribution in [2.75, 3.05) is 72.7 Å². The average Bonchev–Trinajstić information content (AvgIpc) is 3.16. The van der Waals surface area contributed by atoms with E-state index in [1.165, 1.54) is 5.56 Å². The van der Waals surface area contributed by atoms with E-state index in [4.69, 9.17) is 28.5 Å². The third kappa shape index (κ3) is 12.4. The summed E-state index contributed by atoms with van der Waals surface area (Å²) in [5.41, 5.74) is 2.75. The lowest BCUT2D eigenvalue weighted by Gasteiger charge is -2.37. The van der Waals surface area contributed by atoms with Crippen LogP contribution < -0.4 is 9.47 Å². The van der Waals surface area contributed by atoms with E-state index in [0.717, 1.165) is 79.0 Å². The lowest BCUT2D eigenvalue weighted by molar-refractivity contribution is -0.179. The van der Waals surface area contributed by atoms with Gasteiger partial charge >= 0.3 is 6.16 Å². The summed E-state index contributed by atoms with van der Waals surface area (Å²) in [4.78, 5) is 23.0. The monoisotopic (exact) mass is 739 g/mol. The minimum Gasteiger partial charge on any atom is -0.494 e. The molecule has 10 nitrogen and oxygen atoms in total. The minimum absolute atomic E-state index is 0.102. The van der Waals surface area contributed by atoms with Crippen LogP contribution in [0.3, 0.4) is 0 Å². The maximum absolute atomic E-state index is 12.6. The summed E-state index contributed by atoms with van der Waals surface area (Å²) in [6.45, 7) is 14.7. The van der Waals surface area contributed by atoms with Gasteiger partial charge in [-0.2, -0.15) is 0 Å². The van der Waals surface area contributed by atoms with Gasteiger partial charge in [-0.3, -0.25) is 4.90 Å². The van der Waals surface area contributed by atoms with E-state index in [1.54, 1.807) is 5.06 Å². The second-order valence-corrected chi connectivity index (χ2v) is 15.3. The molecule has 2 atom stereocenters. The van der Waals surface area contributed by atoms with Gasteiger partial charge in [0.05, 0.1) is 39.1 Å². The fourth-order valence-electron chi connectivity index (χ4n) is 6.84.